The van der Waals surface area contributed by atoms with Crippen LogP contribution in [0.15, 0.2) is 77.2 Å². The zero-order chi connectivity index (χ0) is 18.6. The van der Waals surface area contributed by atoms with Crippen LogP contribution in [-0.4, -0.2) is 37.0 Å². The van der Waals surface area contributed by atoms with E-state index in [0.717, 1.165) is 31.9 Å². The van der Waals surface area contributed by atoms with Gasteiger partial charge in [-0.1, -0.05) is 60.7 Å². The van der Waals surface area contributed by atoms with Crippen molar-refractivity contribution in [2.24, 2.45) is 0 Å². The Balaban J connectivity index is 1.51. The van der Waals surface area contributed by atoms with Crippen molar-refractivity contribution in [3.05, 3.63) is 95.4 Å². The van der Waals surface area contributed by atoms with E-state index in [0.29, 0.717) is 5.76 Å². The third-order valence-electron chi connectivity index (χ3n) is 5.32. The van der Waals surface area contributed by atoms with Crippen molar-refractivity contribution >= 4 is 5.91 Å². The third-order valence-corrected chi connectivity index (χ3v) is 5.32. The number of amides is 1. The molecule has 0 unspecified atom stereocenters. The van der Waals surface area contributed by atoms with Crippen LogP contribution in [0.3, 0.4) is 0 Å². The number of hydrogen-bond acceptors (Lipinski definition) is 2. The summed E-state index contributed by atoms with van der Waals surface area (Å²) in [5.74, 6) is 1.22. The highest BCUT2D eigenvalue weighted by molar-refractivity contribution is 5.91. The molecule has 0 spiro atoms. The highest BCUT2D eigenvalue weighted by Gasteiger charge is 2.32. The molecular formula is C23H25N2O2+. The topological polar surface area (TPSA) is 37.9 Å². The van der Waals surface area contributed by atoms with Crippen LogP contribution in [0.5, 0.6) is 0 Å². The molecule has 1 aliphatic rings. The van der Waals surface area contributed by atoms with Crippen LogP contribution in [0.25, 0.3) is 0 Å². The van der Waals surface area contributed by atoms with Gasteiger partial charge < -0.3 is 14.2 Å². The fourth-order valence-corrected chi connectivity index (χ4v) is 3.95. The van der Waals surface area contributed by atoms with Gasteiger partial charge in [-0.05, 0) is 19.1 Å². The van der Waals surface area contributed by atoms with Crippen LogP contribution in [-0.2, 0) is 0 Å². The molecule has 0 bridgehead atoms. The average molecular weight is 361 g/mol. The lowest BCUT2D eigenvalue weighted by Gasteiger charge is -2.36. The van der Waals surface area contributed by atoms with E-state index in [1.165, 1.54) is 16.0 Å². The molecule has 2 heterocycles. The van der Waals surface area contributed by atoms with Crippen LogP contribution < -0.4 is 4.90 Å². The van der Waals surface area contributed by atoms with E-state index >= 15 is 0 Å². The Morgan fingerprint density at radius 2 is 1.44 bits per heavy atom. The molecule has 1 fully saturated rings. The van der Waals surface area contributed by atoms with Crippen molar-refractivity contribution in [1.82, 2.24) is 4.90 Å². The van der Waals surface area contributed by atoms with Gasteiger partial charge in [0.25, 0.3) is 5.91 Å². The second-order valence-electron chi connectivity index (χ2n) is 7.12. The van der Waals surface area contributed by atoms with Gasteiger partial charge in [0.05, 0.1) is 26.2 Å². The second-order valence-corrected chi connectivity index (χ2v) is 7.12. The average Bonchev–Trinajstić information content (AvgIpc) is 3.16. The summed E-state index contributed by atoms with van der Waals surface area (Å²) in [7, 11) is 0. The number of carbonyl (C=O) groups is 1. The Kier molecular flexibility index (Phi) is 5.07. The molecule has 27 heavy (non-hydrogen) atoms. The van der Waals surface area contributed by atoms with E-state index in [9.17, 15) is 4.79 Å². The summed E-state index contributed by atoms with van der Waals surface area (Å²) in [6.07, 6.45) is 0. The minimum absolute atomic E-state index is 0.00174. The number of quaternary nitrogens is 1. The van der Waals surface area contributed by atoms with Crippen LogP contribution >= 0.6 is 0 Å². The first-order valence-electron chi connectivity index (χ1n) is 9.52. The number of nitrogens with one attached hydrogen (secondary N) is 1. The first kappa shape index (κ1) is 17.6. The fraction of sp³-hybridized carbons (Fsp3) is 0.261. The van der Waals surface area contributed by atoms with Gasteiger partial charge >= 0.3 is 0 Å². The SMILES string of the molecule is Cc1ccc(C(=O)N2CC[NH+](C(c3ccccc3)c3ccccc3)CC2)o1. The normalized spacial score (nSPS) is 15.3. The predicted octanol–water partition coefficient (Wildman–Crippen LogP) is 2.72. The van der Waals surface area contributed by atoms with E-state index in [4.69, 9.17) is 4.42 Å². The Morgan fingerprint density at radius 1 is 0.889 bits per heavy atom. The van der Waals surface area contributed by atoms with Gasteiger partial charge in [-0.3, -0.25) is 4.79 Å². The number of carbonyl (C=O) groups excluding carboxylic acids is 1. The molecule has 2 aromatic carbocycles. The van der Waals surface area contributed by atoms with Gasteiger partial charge in [0.2, 0.25) is 0 Å². The molecule has 1 N–H and O–H groups in total. The quantitative estimate of drug-likeness (QED) is 0.776. The Labute approximate surface area is 160 Å². The summed E-state index contributed by atoms with van der Waals surface area (Å²) in [6, 6.07) is 25.2. The Bertz CT molecular complexity index is 842. The summed E-state index contributed by atoms with van der Waals surface area (Å²) >= 11 is 0. The number of rotatable bonds is 4. The highest BCUT2D eigenvalue weighted by Crippen LogP contribution is 2.19. The van der Waals surface area contributed by atoms with E-state index in [2.05, 4.69) is 60.7 Å². The van der Waals surface area contributed by atoms with Crippen molar-refractivity contribution in [3.63, 3.8) is 0 Å². The zero-order valence-electron chi connectivity index (χ0n) is 15.6. The molecular weight excluding hydrogens is 336 g/mol. The predicted molar refractivity (Wildman–Crippen MR) is 105 cm³/mol. The molecule has 1 aromatic heterocycles. The number of nitrogens with zero attached hydrogens (tertiary/aromatic N) is 1. The molecule has 1 saturated heterocycles. The summed E-state index contributed by atoms with van der Waals surface area (Å²) in [4.78, 5) is 16.1. The van der Waals surface area contributed by atoms with Gasteiger partial charge in [-0.25, -0.2) is 0 Å². The maximum absolute atomic E-state index is 12.7. The van der Waals surface area contributed by atoms with E-state index in [-0.39, 0.29) is 11.9 Å². The molecule has 4 heteroatoms. The molecule has 138 valence electrons. The molecule has 0 saturated carbocycles. The zero-order valence-corrected chi connectivity index (χ0v) is 15.6. The van der Waals surface area contributed by atoms with Crippen molar-refractivity contribution in [2.45, 2.75) is 13.0 Å². The van der Waals surface area contributed by atoms with Crippen LogP contribution in [0.2, 0.25) is 0 Å². The minimum Gasteiger partial charge on any atom is -0.456 e. The number of piperazine rings is 1. The van der Waals surface area contributed by atoms with Gasteiger partial charge in [0.15, 0.2) is 5.76 Å². The molecule has 3 aromatic rings. The number of benzene rings is 2. The fourth-order valence-electron chi connectivity index (χ4n) is 3.95. The minimum atomic E-state index is -0.00174. The smallest absolute Gasteiger partial charge is 0.289 e. The lowest BCUT2D eigenvalue weighted by molar-refractivity contribution is -0.929. The molecule has 0 atom stereocenters. The standard InChI is InChI=1S/C23H24N2O2/c1-18-12-13-21(27-18)23(26)25-16-14-24(15-17-25)22(19-8-4-2-5-9-19)20-10-6-3-7-11-20/h2-13,22H,14-17H2,1H3/p+1. The highest BCUT2D eigenvalue weighted by atomic mass is 16.3. The number of aryl methyl sites for hydroxylation is 1. The van der Waals surface area contributed by atoms with Crippen LogP contribution in [0, 0.1) is 6.92 Å². The van der Waals surface area contributed by atoms with Gasteiger partial charge in [0.1, 0.15) is 11.8 Å². The van der Waals surface area contributed by atoms with Crippen molar-refractivity contribution in [2.75, 3.05) is 26.2 Å². The molecule has 0 radical (unpaired) electrons. The first-order valence-corrected chi connectivity index (χ1v) is 9.52. The van der Waals surface area contributed by atoms with E-state index in [1.807, 2.05) is 17.9 Å². The molecule has 4 rings (SSSR count). The summed E-state index contributed by atoms with van der Waals surface area (Å²) in [6.45, 7) is 5.18. The van der Waals surface area contributed by atoms with Gasteiger partial charge in [-0.15, -0.1) is 0 Å². The maximum atomic E-state index is 12.7. The molecule has 1 aliphatic heterocycles. The largest absolute Gasteiger partial charge is 0.456 e. The number of hydrogen-bond donors (Lipinski definition) is 1. The summed E-state index contributed by atoms with van der Waals surface area (Å²) in [5, 5.41) is 0. The maximum Gasteiger partial charge on any atom is 0.289 e. The van der Waals surface area contributed by atoms with Gasteiger partial charge in [-0.2, -0.15) is 0 Å². The second kappa shape index (κ2) is 7.80. The van der Waals surface area contributed by atoms with Gasteiger partial charge in [0, 0.05) is 11.1 Å². The van der Waals surface area contributed by atoms with Crippen molar-refractivity contribution in [3.8, 4) is 0 Å². The van der Waals surface area contributed by atoms with Crippen LogP contribution in [0.1, 0.15) is 33.5 Å². The first-order chi connectivity index (χ1) is 13.2. The third kappa shape index (κ3) is 3.81. The lowest BCUT2D eigenvalue weighted by Crippen LogP contribution is -3.15. The monoisotopic (exact) mass is 361 g/mol. The van der Waals surface area contributed by atoms with Crippen LogP contribution in [0.4, 0.5) is 0 Å². The molecule has 1 amide bonds. The van der Waals surface area contributed by atoms with Crippen molar-refractivity contribution in [1.29, 1.82) is 0 Å². The van der Waals surface area contributed by atoms with Crippen molar-refractivity contribution < 1.29 is 14.1 Å². The summed E-state index contributed by atoms with van der Waals surface area (Å²) < 4.78 is 5.51. The Morgan fingerprint density at radius 3 is 1.93 bits per heavy atom. The Hall–Kier alpha value is -2.85. The molecule has 0 aliphatic carbocycles. The van der Waals surface area contributed by atoms with E-state index in [1.54, 1.807) is 6.07 Å². The lowest BCUT2D eigenvalue weighted by atomic mass is 9.96. The van der Waals surface area contributed by atoms with E-state index < -0.39 is 0 Å². The number of furan rings is 1. The summed E-state index contributed by atoms with van der Waals surface area (Å²) in [5.41, 5.74) is 2.64. The molecule has 4 nitrogen and oxygen atoms in total.